The summed E-state index contributed by atoms with van der Waals surface area (Å²) < 4.78 is 33.3. The van der Waals surface area contributed by atoms with Crippen molar-refractivity contribution in [1.82, 2.24) is 20.3 Å². The van der Waals surface area contributed by atoms with E-state index in [0.29, 0.717) is 31.2 Å². The number of allylic oxidation sites excluding steroid dienone is 1. The highest BCUT2D eigenvalue weighted by Gasteiger charge is 2.62. The van der Waals surface area contributed by atoms with Crippen LogP contribution in [0.4, 0.5) is 4.79 Å². The molecule has 2 aliphatic carbocycles. The summed E-state index contributed by atoms with van der Waals surface area (Å²) in [5.41, 5.74) is -1.59. The SMILES string of the molecule is CC(C)(C)OC(=O)N[C@H]1CCCCC/C=C\[C@@H]2C[C@@]2(C(=O)NS(=O)(=O)C2CC2)NC(=O)[C@@H]2C[C@@](O)(c3ccc(-c4ccccc4)cc3)CN2C1=O. The number of amides is 4. The summed E-state index contributed by atoms with van der Waals surface area (Å²) in [5.74, 6) is -2.51. The lowest BCUT2D eigenvalue weighted by Crippen LogP contribution is -2.58. The van der Waals surface area contributed by atoms with E-state index < -0.39 is 73.8 Å². The normalized spacial score (nSPS) is 29.3. The molecule has 3 fully saturated rings. The van der Waals surface area contributed by atoms with E-state index in [1.165, 1.54) is 4.90 Å². The first-order valence-electron chi connectivity index (χ1n) is 17.8. The van der Waals surface area contributed by atoms with Gasteiger partial charge in [0.2, 0.25) is 21.8 Å². The van der Waals surface area contributed by atoms with Crippen LogP contribution in [-0.4, -0.2) is 77.3 Å². The molecule has 51 heavy (non-hydrogen) atoms. The number of aliphatic hydroxyl groups is 1. The number of hydrogen-bond acceptors (Lipinski definition) is 8. The summed E-state index contributed by atoms with van der Waals surface area (Å²) >= 11 is 0. The Bertz CT molecular complexity index is 1790. The second-order valence-corrected chi connectivity index (χ2v) is 17.3. The van der Waals surface area contributed by atoms with Crippen LogP contribution in [0.25, 0.3) is 11.1 Å². The number of benzene rings is 2. The molecule has 0 unspecified atom stereocenters. The van der Waals surface area contributed by atoms with Crippen molar-refractivity contribution >= 4 is 33.8 Å². The van der Waals surface area contributed by atoms with Crippen LogP contribution in [0.2, 0.25) is 0 Å². The van der Waals surface area contributed by atoms with Gasteiger partial charge in [0, 0.05) is 12.3 Å². The average Bonchev–Trinajstić information content (AvgIpc) is 4.00. The number of sulfonamides is 1. The molecule has 2 aliphatic heterocycles. The molecule has 1 saturated heterocycles. The molecule has 0 bridgehead atoms. The summed E-state index contributed by atoms with van der Waals surface area (Å²) in [6.07, 6.45) is 7.04. The predicted molar refractivity (Wildman–Crippen MR) is 190 cm³/mol. The van der Waals surface area contributed by atoms with Crippen molar-refractivity contribution in [2.24, 2.45) is 5.92 Å². The lowest BCUT2D eigenvalue weighted by Gasteiger charge is -2.30. The molecule has 4 amide bonds. The number of fused-ring (bicyclic) bond motifs is 2. The minimum Gasteiger partial charge on any atom is -0.444 e. The number of ether oxygens (including phenoxy) is 1. The van der Waals surface area contributed by atoms with Crippen LogP contribution in [0.3, 0.4) is 0 Å². The Morgan fingerprint density at radius 2 is 1.63 bits per heavy atom. The average molecular weight is 721 g/mol. The number of rotatable bonds is 6. The third kappa shape index (κ3) is 8.30. The first-order chi connectivity index (χ1) is 24.1. The Morgan fingerprint density at radius 3 is 2.29 bits per heavy atom. The lowest BCUT2D eigenvalue weighted by molar-refractivity contribution is -0.141. The van der Waals surface area contributed by atoms with Crippen LogP contribution in [-0.2, 0) is 34.7 Å². The van der Waals surface area contributed by atoms with Crippen molar-refractivity contribution in [2.75, 3.05) is 6.54 Å². The molecule has 0 aromatic heterocycles. The maximum absolute atomic E-state index is 14.4. The second-order valence-electron chi connectivity index (χ2n) is 15.4. The monoisotopic (exact) mass is 720 g/mol. The molecule has 2 aromatic rings. The van der Waals surface area contributed by atoms with E-state index in [1.807, 2.05) is 54.6 Å². The van der Waals surface area contributed by atoms with Crippen LogP contribution in [0.5, 0.6) is 0 Å². The first kappa shape index (κ1) is 36.6. The van der Waals surface area contributed by atoms with Crippen LogP contribution in [0.1, 0.15) is 84.1 Å². The van der Waals surface area contributed by atoms with Gasteiger partial charge in [-0.2, -0.15) is 0 Å². The molecule has 4 N–H and O–H groups in total. The third-order valence-electron chi connectivity index (χ3n) is 10.1. The number of nitrogens with one attached hydrogen (secondary N) is 3. The van der Waals surface area contributed by atoms with Gasteiger partial charge < -0.3 is 25.4 Å². The summed E-state index contributed by atoms with van der Waals surface area (Å²) in [6, 6.07) is 14.7. The van der Waals surface area contributed by atoms with Gasteiger partial charge in [-0.05, 0) is 76.0 Å². The van der Waals surface area contributed by atoms with Gasteiger partial charge in [0.05, 0.1) is 11.8 Å². The molecule has 6 rings (SSSR count). The third-order valence-corrected chi connectivity index (χ3v) is 12.0. The van der Waals surface area contributed by atoms with Crippen LogP contribution < -0.4 is 15.4 Å². The van der Waals surface area contributed by atoms with E-state index in [9.17, 15) is 32.7 Å². The van der Waals surface area contributed by atoms with E-state index in [1.54, 1.807) is 32.9 Å². The molecule has 2 aromatic carbocycles. The topological polar surface area (TPSA) is 171 Å². The van der Waals surface area contributed by atoms with Crippen LogP contribution in [0, 0.1) is 5.92 Å². The van der Waals surface area contributed by atoms with Crippen molar-refractivity contribution < 1.29 is 37.4 Å². The molecular formula is C38H48N4O8S. The van der Waals surface area contributed by atoms with Crippen molar-refractivity contribution in [3.05, 3.63) is 72.3 Å². The van der Waals surface area contributed by atoms with Gasteiger partial charge in [0.15, 0.2) is 0 Å². The Kier molecular flexibility index (Phi) is 10.1. The summed E-state index contributed by atoms with van der Waals surface area (Å²) in [7, 11) is -3.90. The van der Waals surface area contributed by atoms with E-state index in [4.69, 9.17) is 4.74 Å². The van der Waals surface area contributed by atoms with Gasteiger partial charge in [0.25, 0.3) is 5.91 Å². The van der Waals surface area contributed by atoms with E-state index in [0.717, 1.165) is 24.0 Å². The summed E-state index contributed by atoms with van der Waals surface area (Å²) in [5, 5.41) is 17.1. The highest BCUT2D eigenvalue weighted by atomic mass is 32.2. The molecule has 12 nitrogen and oxygen atoms in total. The van der Waals surface area contributed by atoms with Gasteiger partial charge >= 0.3 is 6.09 Å². The Hall–Kier alpha value is -4.23. The molecule has 0 radical (unpaired) electrons. The van der Waals surface area contributed by atoms with Gasteiger partial charge in [-0.1, -0.05) is 79.6 Å². The van der Waals surface area contributed by atoms with E-state index >= 15 is 0 Å². The molecule has 4 aliphatic rings. The first-order valence-corrected chi connectivity index (χ1v) is 19.4. The highest BCUT2D eigenvalue weighted by Crippen LogP contribution is 2.47. The summed E-state index contributed by atoms with van der Waals surface area (Å²) in [6.45, 7) is 4.90. The second kappa shape index (κ2) is 14.1. The maximum Gasteiger partial charge on any atom is 0.408 e. The number of hydrogen-bond donors (Lipinski definition) is 4. The quantitative estimate of drug-likeness (QED) is 0.324. The predicted octanol–water partition coefficient (Wildman–Crippen LogP) is 4.04. The lowest BCUT2D eigenvalue weighted by atomic mass is 9.89. The van der Waals surface area contributed by atoms with E-state index in [-0.39, 0.29) is 25.8 Å². The number of alkyl carbamates (subject to hydrolysis) is 1. The molecular weight excluding hydrogens is 673 g/mol. The smallest absolute Gasteiger partial charge is 0.408 e. The highest BCUT2D eigenvalue weighted by molar-refractivity contribution is 7.91. The molecule has 274 valence electrons. The Balaban J connectivity index is 1.33. The minimum atomic E-state index is -3.90. The van der Waals surface area contributed by atoms with Crippen molar-refractivity contribution in [2.45, 2.75) is 113 Å². The van der Waals surface area contributed by atoms with Gasteiger partial charge in [-0.15, -0.1) is 0 Å². The molecule has 2 saturated carbocycles. The molecule has 2 heterocycles. The zero-order valence-electron chi connectivity index (χ0n) is 29.4. The van der Waals surface area contributed by atoms with Crippen molar-refractivity contribution in [3.8, 4) is 11.1 Å². The maximum atomic E-state index is 14.4. The van der Waals surface area contributed by atoms with Crippen LogP contribution >= 0.6 is 0 Å². The minimum absolute atomic E-state index is 0.188. The van der Waals surface area contributed by atoms with Crippen molar-refractivity contribution in [3.63, 3.8) is 0 Å². The Morgan fingerprint density at radius 1 is 0.941 bits per heavy atom. The van der Waals surface area contributed by atoms with Gasteiger partial charge in [-0.25, -0.2) is 13.2 Å². The molecule has 13 heteroatoms. The fourth-order valence-corrected chi connectivity index (χ4v) is 8.45. The fraction of sp³-hybridized carbons (Fsp3) is 0.526. The van der Waals surface area contributed by atoms with Gasteiger partial charge in [0.1, 0.15) is 28.8 Å². The molecule has 5 atom stereocenters. The van der Waals surface area contributed by atoms with Gasteiger partial charge in [-0.3, -0.25) is 19.1 Å². The number of carbonyl (C=O) groups excluding carboxylic acids is 4. The fourth-order valence-electron chi connectivity index (χ4n) is 7.09. The zero-order valence-corrected chi connectivity index (χ0v) is 30.2. The number of carbonyl (C=O) groups is 4. The Labute approximate surface area is 299 Å². The molecule has 0 spiro atoms. The largest absolute Gasteiger partial charge is 0.444 e. The zero-order chi connectivity index (χ0) is 36.6. The van der Waals surface area contributed by atoms with Crippen LogP contribution in [0.15, 0.2) is 66.7 Å². The summed E-state index contributed by atoms with van der Waals surface area (Å²) in [4.78, 5) is 56.7. The van der Waals surface area contributed by atoms with E-state index in [2.05, 4.69) is 15.4 Å². The standard InChI is InChI=1S/C38H48N4O8S/c1-36(2,3)50-35(46)39-30-15-11-6-4-5-10-14-28-22-38(28,34(45)41-51(48,49)29-20-21-29)40-32(43)31-23-37(47,24-42(31)33(30)44)27-18-16-26(17-19-27)25-12-8-7-9-13-25/h7-10,12-14,16-19,28-31,47H,4-6,11,15,20-24H2,1-3H3,(H,39,46)(H,40,43)(H,41,45)/b14-10-/t28-,30+,31+,37+,38-/m1/s1. The van der Waals surface area contributed by atoms with Crippen molar-refractivity contribution in [1.29, 1.82) is 0 Å². The number of nitrogens with zero attached hydrogens (tertiary/aromatic N) is 1.